The molecule has 0 bridgehead atoms. The average Bonchev–Trinajstić information content (AvgIpc) is 2.67. The Labute approximate surface area is 133 Å². The van der Waals surface area contributed by atoms with Gasteiger partial charge >= 0.3 is 0 Å². The minimum absolute atomic E-state index is 0.141. The lowest BCUT2D eigenvalue weighted by Crippen LogP contribution is -2.38. The van der Waals surface area contributed by atoms with Crippen molar-refractivity contribution >= 4 is 22.2 Å². The first kappa shape index (κ1) is 15.2. The molecule has 0 atom stereocenters. The van der Waals surface area contributed by atoms with Crippen LogP contribution in [0.5, 0.6) is 0 Å². The lowest BCUT2D eigenvalue weighted by atomic mass is 10.1. The molecule has 0 spiro atoms. The molecule has 1 fully saturated rings. The number of nitrogens with zero attached hydrogens (tertiary/aromatic N) is 2. The number of carbonyl (C=O) groups excluding carboxylic acids is 1. The van der Waals surface area contributed by atoms with Crippen LogP contribution in [0, 0.1) is 13.8 Å². The summed E-state index contributed by atoms with van der Waals surface area (Å²) in [6, 6.07) is 0.181. The molecule has 6 heteroatoms. The van der Waals surface area contributed by atoms with Gasteiger partial charge in [0, 0.05) is 22.8 Å². The van der Waals surface area contributed by atoms with Crippen molar-refractivity contribution in [1.29, 1.82) is 0 Å². The normalized spacial score (nSPS) is 16.6. The maximum atomic E-state index is 12.6. The van der Waals surface area contributed by atoms with E-state index in [2.05, 4.69) is 10.3 Å². The number of amides is 1. The van der Waals surface area contributed by atoms with Gasteiger partial charge in [0.15, 0.2) is 4.96 Å². The van der Waals surface area contributed by atoms with Gasteiger partial charge in [0.25, 0.3) is 11.5 Å². The molecule has 0 aliphatic heterocycles. The molecule has 118 valence electrons. The van der Waals surface area contributed by atoms with E-state index in [9.17, 15) is 9.59 Å². The standard InChI is InChI=1S/C16H21N3O2S/c1-10-11(2)22-16-17-9-13(15(21)19(10)16)14(20)18-12-7-5-3-4-6-8-12/h9,12H,3-8H2,1-2H3,(H,18,20). The second-order valence-electron chi connectivity index (χ2n) is 6.00. The second kappa shape index (κ2) is 6.20. The number of aryl methyl sites for hydroxylation is 2. The van der Waals surface area contributed by atoms with Crippen LogP contribution in [0.3, 0.4) is 0 Å². The van der Waals surface area contributed by atoms with Gasteiger partial charge in [-0.15, -0.1) is 11.3 Å². The fourth-order valence-electron chi connectivity index (χ4n) is 3.02. The van der Waals surface area contributed by atoms with Crippen molar-refractivity contribution in [2.24, 2.45) is 0 Å². The summed E-state index contributed by atoms with van der Waals surface area (Å²) >= 11 is 1.47. The van der Waals surface area contributed by atoms with E-state index in [0.29, 0.717) is 4.96 Å². The number of fused-ring (bicyclic) bond motifs is 1. The summed E-state index contributed by atoms with van der Waals surface area (Å²) < 4.78 is 1.54. The van der Waals surface area contributed by atoms with Crippen molar-refractivity contribution in [3.63, 3.8) is 0 Å². The van der Waals surface area contributed by atoms with Crippen molar-refractivity contribution in [2.45, 2.75) is 58.4 Å². The van der Waals surface area contributed by atoms with Crippen molar-refractivity contribution in [3.05, 3.63) is 32.7 Å². The lowest BCUT2D eigenvalue weighted by Gasteiger charge is -2.15. The number of aromatic nitrogens is 2. The van der Waals surface area contributed by atoms with Gasteiger partial charge in [0.1, 0.15) is 5.56 Å². The van der Waals surface area contributed by atoms with Crippen LogP contribution in [0.2, 0.25) is 0 Å². The van der Waals surface area contributed by atoms with E-state index in [4.69, 9.17) is 0 Å². The summed E-state index contributed by atoms with van der Waals surface area (Å²) in [7, 11) is 0. The van der Waals surface area contributed by atoms with E-state index in [-0.39, 0.29) is 23.1 Å². The largest absolute Gasteiger partial charge is 0.349 e. The predicted octanol–water partition coefficient (Wildman–Crippen LogP) is 2.83. The maximum absolute atomic E-state index is 12.6. The smallest absolute Gasteiger partial charge is 0.271 e. The molecule has 1 aliphatic rings. The molecule has 2 heterocycles. The van der Waals surface area contributed by atoms with Gasteiger partial charge in [-0.05, 0) is 26.7 Å². The first-order chi connectivity index (χ1) is 10.6. The van der Waals surface area contributed by atoms with Crippen LogP contribution in [0.1, 0.15) is 59.5 Å². The molecular formula is C16H21N3O2S. The van der Waals surface area contributed by atoms with E-state index < -0.39 is 0 Å². The van der Waals surface area contributed by atoms with Gasteiger partial charge in [-0.25, -0.2) is 4.98 Å². The van der Waals surface area contributed by atoms with Gasteiger partial charge in [-0.3, -0.25) is 14.0 Å². The molecule has 3 rings (SSSR count). The third-order valence-corrected chi connectivity index (χ3v) is 5.53. The highest BCUT2D eigenvalue weighted by Crippen LogP contribution is 2.19. The van der Waals surface area contributed by atoms with E-state index in [1.165, 1.54) is 30.4 Å². The zero-order valence-electron chi connectivity index (χ0n) is 13.0. The molecule has 1 saturated carbocycles. The van der Waals surface area contributed by atoms with E-state index in [1.807, 2.05) is 13.8 Å². The Kier molecular flexibility index (Phi) is 4.29. The molecule has 5 nitrogen and oxygen atoms in total. The highest BCUT2D eigenvalue weighted by atomic mass is 32.1. The Balaban J connectivity index is 1.89. The molecule has 22 heavy (non-hydrogen) atoms. The Bertz CT molecular complexity index is 755. The monoisotopic (exact) mass is 319 g/mol. The molecule has 2 aromatic heterocycles. The van der Waals surface area contributed by atoms with Crippen LogP contribution < -0.4 is 10.9 Å². The van der Waals surface area contributed by atoms with Crippen molar-refractivity contribution in [2.75, 3.05) is 0 Å². The Hall–Kier alpha value is -1.69. The highest BCUT2D eigenvalue weighted by molar-refractivity contribution is 7.17. The van der Waals surface area contributed by atoms with Crippen LogP contribution in [0.15, 0.2) is 11.0 Å². The average molecular weight is 319 g/mol. The topological polar surface area (TPSA) is 63.5 Å². The second-order valence-corrected chi connectivity index (χ2v) is 7.18. The van der Waals surface area contributed by atoms with Crippen LogP contribution in [0.4, 0.5) is 0 Å². The van der Waals surface area contributed by atoms with Gasteiger partial charge in [-0.1, -0.05) is 25.7 Å². The quantitative estimate of drug-likeness (QED) is 0.866. The first-order valence-corrected chi connectivity index (χ1v) is 8.68. The van der Waals surface area contributed by atoms with E-state index in [0.717, 1.165) is 36.3 Å². The van der Waals surface area contributed by atoms with Crippen LogP contribution >= 0.6 is 11.3 Å². The summed E-state index contributed by atoms with van der Waals surface area (Å²) in [6.07, 6.45) is 8.16. The number of thiazole rings is 1. The molecule has 0 radical (unpaired) electrons. The van der Waals surface area contributed by atoms with E-state index >= 15 is 0 Å². The zero-order valence-corrected chi connectivity index (χ0v) is 13.8. The molecular weight excluding hydrogens is 298 g/mol. The van der Waals surface area contributed by atoms with Crippen LogP contribution in [0.25, 0.3) is 4.96 Å². The van der Waals surface area contributed by atoms with Crippen molar-refractivity contribution in [3.8, 4) is 0 Å². The number of nitrogens with one attached hydrogen (secondary N) is 1. The van der Waals surface area contributed by atoms with Crippen molar-refractivity contribution in [1.82, 2.24) is 14.7 Å². The number of carbonyl (C=O) groups is 1. The molecule has 1 aliphatic carbocycles. The fourth-order valence-corrected chi connectivity index (χ4v) is 3.95. The third kappa shape index (κ3) is 2.79. The first-order valence-electron chi connectivity index (χ1n) is 7.86. The van der Waals surface area contributed by atoms with Gasteiger partial charge < -0.3 is 5.32 Å². The fraction of sp³-hybridized carbons (Fsp3) is 0.562. The lowest BCUT2D eigenvalue weighted by molar-refractivity contribution is 0.0931. The minimum atomic E-state index is -0.290. The van der Waals surface area contributed by atoms with Crippen LogP contribution in [-0.4, -0.2) is 21.3 Å². The van der Waals surface area contributed by atoms with Gasteiger partial charge in [-0.2, -0.15) is 0 Å². The SMILES string of the molecule is Cc1sc2ncc(C(=O)NC3CCCCCC3)c(=O)n2c1C. The molecule has 1 amide bonds. The molecule has 2 aromatic rings. The maximum Gasteiger partial charge on any atom is 0.271 e. The number of hydrogen-bond donors (Lipinski definition) is 1. The molecule has 1 N–H and O–H groups in total. The van der Waals surface area contributed by atoms with Crippen LogP contribution in [-0.2, 0) is 0 Å². The summed E-state index contributed by atoms with van der Waals surface area (Å²) in [5.74, 6) is -0.290. The number of hydrogen-bond acceptors (Lipinski definition) is 4. The summed E-state index contributed by atoms with van der Waals surface area (Å²) in [5.41, 5.74) is 0.738. The summed E-state index contributed by atoms with van der Waals surface area (Å²) in [6.45, 7) is 3.84. The Morgan fingerprint density at radius 2 is 1.95 bits per heavy atom. The van der Waals surface area contributed by atoms with E-state index in [1.54, 1.807) is 4.40 Å². The molecule has 0 aromatic carbocycles. The van der Waals surface area contributed by atoms with Gasteiger partial charge in [0.05, 0.1) is 0 Å². The molecule has 0 unspecified atom stereocenters. The molecule has 0 saturated heterocycles. The Morgan fingerprint density at radius 1 is 1.27 bits per heavy atom. The predicted molar refractivity (Wildman–Crippen MR) is 87.8 cm³/mol. The summed E-state index contributed by atoms with van der Waals surface area (Å²) in [4.78, 5) is 31.0. The number of rotatable bonds is 2. The van der Waals surface area contributed by atoms with Crippen molar-refractivity contribution < 1.29 is 4.79 Å². The van der Waals surface area contributed by atoms with Gasteiger partial charge in [0.2, 0.25) is 0 Å². The summed E-state index contributed by atoms with van der Waals surface area (Å²) in [5, 5.41) is 3.02. The third-order valence-electron chi connectivity index (χ3n) is 4.45. The zero-order chi connectivity index (χ0) is 15.7. The highest BCUT2D eigenvalue weighted by Gasteiger charge is 2.20. The minimum Gasteiger partial charge on any atom is -0.349 e. The Morgan fingerprint density at radius 3 is 2.64 bits per heavy atom.